The summed E-state index contributed by atoms with van der Waals surface area (Å²) in [7, 11) is 1.61. The Hall–Kier alpha value is -3.12. The van der Waals surface area contributed by atoms with Gasteiger partial charge in [-0.05, 0) is 37.1 Å². The third-order valence-corrected chi connectivity index (χ3v) is 4.97. The first-order valence-electron chi connectivity index (χ1n) is 8.99. The Morgan fingerprint density at radius 2 is 2.00 bits per heavy atom. The molecule has 0 fully saturated rings. The maximum Gasteiger partial charge on any atom is 0.257 e. The maximum absolute atomic E-state index is 12.6. The van der Waals surface area contributed by atoms with Crippen molar-refractivity contribution in [2.75, 3.05) is 7.11 Å². The normalized spacial score (nSPS) is 19.2. The number of aromatic amines is 1. The molecule has 1 aliphatic rings. The number of carbonyl (C=O) groups is 1. The fraction of sp³-hybridized carbons (Fsp3) is 0.238. The lowest BCUT2D eigenvalue weighted by molar-refractivity contribution is -0.123. The number of benzene rings is 2. The topological polar surface area (TPSA) is 78.5 Å². The van der Waals surface area contributed by atoms with Gasteiger partial charge in [-0.3, -0.25) is 10.1 Å². The standard InChI is InChI=1S/C21H22N4O2/c1-13-20-16(15-8-4-5-9-17(15)24-20)11-18(23-13)21(26)25-22-12-14-7-3-6-10-19(14)27-2/h3-10,12-13,18,23-24H,11H2,1-2H3,(H,25,26)/b22-12+/t13-,18?/m0/s1. The lowest BCUT2D eigenvalue weighted by Crippen LogP contribution is -2.47. The molecule has 6 heteroatoms. The predicted octanol–water partition coefficient (Wildman–Crippen LogP) is 2.90. The predicted molar refractivity (Wildman–Crippen MR) is 106 cm³/mol. The van der Waals surface area contributed by atoms with Gasteiger partial charge in [-0.15, -0.1) is 0 Å². The van der Waals surface area contributed by atoms with Crippen LogP contribution in [0.5, 0.6) is 5.75 Å². The zero-order valence-corrected chi connectivity index (χ0v) is 15.3. The molecular formula is C21H22N4O2. The molecule has 1 aromatic heterocycles. The van der Waals surface area contributed by atoms with E-state index in [4.69, 9.17) is 4.74 Å². The Balaban J connectivity index is 1.49. The van der Waals surface area contributed by atoms with Crippen molar-refractivity contribution < 1.29 is 9.53 Å². The van der Waals surface area contributed by atoms with Crippen molar-refractivity contribution in [2.45, 2.75) is 25.4 Å². The molecule has 138 valence electrons. The Labute approximate surface area is 157 Å². The smallest absolute Gasteiger partial charge is 0.257 e. The van der Waals surface area contributed by atoms with E-state index in [2.05, 4.69) is 39.9 Å². The van der Waals surface area contributed by atoms with Gasteiger partial charge in [0.25, 0.3) is 5.91 Å². The maximum atomic E-state index is 12.6. The number of fused-ring (bicyclic) bond motifs is 3. The van der Waals surface area contributed by atoms with Gasteiger partial charge in [0, 0.05) is 28.2 Å². The number of methoxy groups -OCH3 is 1. The minimum absolute atomic E-state index is 0.0649. The highest BCUT2D eigenvalue weighted by Gasteiger charge is 2.30. The second-order valence-corrected chi connectivity index (χ2v) is 6.68. The van der Waals surface area contributed by atoms with Crippen LogP contribution in [0.15, 0.2) is 53.6 Å². The van der Waals surface area contributed by atoms with E-state index >= 15 is 0 Å². The quantitative estimate of drug-likeness (QED) is 0.493. The van der Waals surface area contributed by atoms with E-state index in [1.54, 1.807) is 13.3 Å². The highest BCUT2D eigenvalue weighted by molar-refractivity contribution is 5.89. The lowest BCUT2D eigenvalue weighted by Gasteiger charge is -2.27. The first kappa shape index (κ1) is 17.3. The van der Waals surface area contributed by atoms with E-state index < -0.39 is 0 Å². The van der Waals surface area contributed by atoms with Gasteiger partial charge in [0.05, 0.1) is 19.4 Å². The van der Waals surface area contributed by atoms with Crippen molar-refractivity contribution in [1.29, 1.82) is 0 Å². The summed E-state index contributed by atoms with van der Waals surface area (Å²) >= 11 is 0. The number of aromatic nitrogens is 1. The summed E-state index contributed by atoms with van der Waals surface area (Å²) in [5, 5.41) is 8.64. The summed E-state index contributed by atoms with van der Waals surface area (Å²) in [6.45, 7) is 2.06. The van der Waals surface area contributed by atoms with Gasteiger partial charge in [0.15, 0.2) is 0 Å². The monoisotopic (exact) mass is 362 g/mol. The number of ether oxygens (including phenoxy) is 1. The SMILES string of the molecule is COc1ccccc1/C=N/NC(=O)C1Cc2c([nH]c3ccccc23)[C@H](C)N1. The molecule has 2 aromatic carbocycles. The second-order valence-electron chi connectivity index (χ2n) is 6.68. The van der Waals surface area contributed by atoms with Crippen LogP contribution in [0.1, 0.15) is 29.8 Å². The van der Waals surface area contributed by atoms with Crippen LogP contribution in [0.4, 0.5) is 0 Å². The summed E-state index contributed by atoms with van der Waals surface area (Å²) in [5.74, 6) is 0.562. The van der Waals surface area contributed by atoms with Crippen LogP contribution in [-0.4, -0.2) is 30.3 Å². The first-order valence-corrected chi connectivity index (χ1v) is 8.99. The van der Waals surface area contributed by atoms with E-state index in [9.17, 15) is 4.79 Å². The summed E-state index contributed by atoms with van der Waals surface area (Å²) in [5.41, 5.74) is 6.91. The minimum atomic E-state index is -0.332. The van der Waals surface area contributed by atoms with Crippen molar-refractivity contribution in [3.05, 3.63) is 65.4 Å². The van der Waals surface area contributed by atoms with Gasteiger partial charge >= 0.3 is 0 Å². The fourth-order valence-electron chi connectivity index (χ4n) is 3.64. The molecule has 0 saturated heterocycles. The number of hydrogen-bond acceptors (Lipinski definition) is 4. The molecule has 0 spiro atoms. The first-order chi connectivity index (χ1) is 13.2. The largest absolute Gasteiger partial charge is 0.496 e. The van der Waals surface area contributed by atoms with Crippen LogP contribution >= 0.6 is 0 Å². The molecule has 0 saturated carbocycles. The van der Waals surface area contributed by atoms with Crippen LogP contribution in [0.25, 0.3) is 10.9 Å². The van der Waals surface area contributed by atoms with Crippen LogP contribution in [0.2, 0.25) is 0 Å². The van der Waals surface area contributed by atoms with E-state index in [1.165, 1.54) is 10.9 Å². The number of para-hydroxylation sites is 2. The summed E-state index contributed by atoms with van der Waals surface area (Å²) in [6.07, 6.45) is 2.22. The highest BCUT2D eigenvalue weighted by Crippen LogP contribution is 2.31. The molecule has 3 N–H and O–H groups in total. The Kier molecular flexibility index (Phi) is 4.64. The van der Waals surface area contributed by atoms with E-state index in [0.29, 0.717) is 12.2 Å². The third-order valence-electron chi connectivity index (χ3n) is 4.97. The van der Waals surface area contributed by atoms with Crippen LogP contribution < -0.4 is 15.5 Å². The lowest BCUT2D eigenvalue weighted by atomic mass is 9.94. The summed E-state index contributed by atoms with van der Waals surface area (Å²) in [4.78, 5) is 16.1. The molecule has 1 aliphatic heterocycles. The van der Waals surface area contributed by atoms with Crippen LogP contribution in [0, 0.1) is 0 Å². The average Bonchev–Trinajstić information content (AvgIpc) is 3.08. The molecule has 3 aromatic rings. The summed E-state index contributed by atoms with van der Waals surface area (Å²) < 4.78 is 5.28. The molecule has 2 heterocycles. The number of nitrogens with one attached hydrogen (secondary N) is 3. The van der Waals surface area contributed by atoms with Gasteiger partial charge in [-0.1, -0.05) is 30.3 Å². The number of hydrogen-bond donors (Lipinski definition) is 3. The van der Waals surface area contributed by atoms with Crippen molar-refractivity contribution in [2.24, 2.45) is 5.10 Å². The molecule has 6 nitrogen and oxygen atoms in total. The number of hydrazone groups is 1. The summed E-state index contributed by atoms with van der Waals surface area (Å²) in [6, 6.07) is 15.4. The van der Waals surface area contributed by atoms with Crippen molar-refractivity contribution in [3.8, 4) is 5.75 Å². The number of nitrogens with zero attached hydrogens (tertiary/aromatic N) is 1. The molecule has 1 amide bonds. The Bertz CT molecular complexity index is 1010. The number of amides is 1. The van der Waals surface area contributed by atoms with Gasteiger partial charge < -0.3 is 9.72 Å². The third kappa shape index (κ3) is 3.31. The number of H-pyrrole nitrogens is 1. The molecule has 0 radical (unpaired) electrons. The van der Waals surface area contributed by atoms with E-state index in [0.717, 1.165) is 16.8 Å². The van der Waals surface area contributed by atoms with Gasteiger partial charge in [0.1, 0.15) is 5.75 Å². The molecule has 1 unspecified atom stereocenters. The molecule has 2 atom stereocenters. The number of rotatable bonds is 4. The van der Waals surface area contributed by atoms with Crippen molar-refractivity contribution >= 4 is 23.0 Å². The molecule has 0 bridgehead atoms. The molecular weight excluding hydrogens is 340 g/mol. The van der Waals surface area contributed by atoms with Crippen LogP contribution in [0.3, 0.4) is 0 Å². The molecule has 4 rings (SSSR count). The molecule has 27 heavy (non-hydrogen) atoms. The van der Waals surface area contributed by atoms with Gasteiger partial charge in [0.2, 0.25) is 0 Å². The van der Waals surface area contributed by atoms with Gasteiger partial charge in [-0.25, -0.2) is 5.43 Å². The fourth-order valence-corrected chi connectivity index (χ4v) is 3.64. The zero-order chi connectivity index (χ0) is 18.8. The Morgan fingerprint density at radius 1 is 1.22 bits per heavy atom. The number of carbonyl (C=O) groups excluding carboxylic acids is 1. The van der Waals surface area contributed by atoms with E-state index in [1.807, 2.05) is 36.4 Å². The minimum Gasteiger partial charge on any atom is -0.496 e. The highest BCUT2D eigenvalue weighted by atomic mass is 16.5. The average molecular weight is 362 g/mol. The second kappa shape index (κ2) is 7.25. The van der Waals surface area contributed by atoms with Crippen molar-refractivity contribution in [3.63, 3.8) is 0 Å². The van der Waals surface area contributed by atoms with E-state index in [-0.39, 0.29) is 18.0 Å². The van der Waals surface area contributed by atoms with Crippen molar-refractivity contribution in [1.82, 2.24) is 15.7 Å². The Morgan fingerprint density at radius 3 is 2.85 bits per heavy atom. The molecule has 0 aliphatic carbocycles. The van der Waals surface area contributed by atoms with Crippen LogP contribution in [-0.2, 0) is 11.2 Å². The zero-order valence-electron chi connectivity index (χ0n) is 15.3. The van der Waals surface area contributed by atoms with Gasteiger partial charge in [-0.2, -0.15) is 5.10 Å².